The first-order chi connectivity index (χ1) is 14.7. The van der Waals surface area contributed by atoms with E-state index in [0.717, 1.165) is 29.7 Å². The van der Waals surface area contributed by atoms with Gasteiger partial charge in [-0.1, -0.05) is 36.4 Å². The molecule has 1 aromatic carbocycles. The summed E-state index contributed by atoms with van der Waals surface area (Å²) in [5, 5.41) is 13.7. The summed E-state index contributed by atoms with van der Waals surface area (Å²) in [4.78, 5) is 28.0. The van der Waals surface area contributed by atoms with Gasteiger partial charge in [0.2, 0.25) is 0 Å². The average molecular weight is 423 g/mol. The zero-order chi connectivity index (χ0) is 20.8. The molecule has 1 aliphatic heterocycles. The van der Waals surface area contributed by atoms with Gasteiger partial charge in [0.15, 0.2) is 18.1 Å². The number of tetrazole rings is 1. The van der Waals surface area contributed by atoms with E-state index in [-0.39, 0.29) is 18.2 Å². The maximum atomic E-state index is 13.0. The fourth-order valence-corrected chi connectivity index (χ4v) is 3.92. The zero-order valence-corrected chi connectivity index (χ0v) is 17.1. The van der Waals surface area contributed by atoms with Crippen molar-refractivity contribution >= 4 is 35.0 Å². The number of hydrogen-bond donors (Lipinski definition) is 0. The highest BCUT2D eigenvalue weighted by Crippen LogP contribution is 2.22. The summed E-state index contributed by atoms with van der Waals surface area (Å²) in [5.74, 6) is -0.422. The predicted octanol–water partition coefficient (Wildman–Crippen LogP) is 2.96. The van der Waals surface area contributed by atoms with Crippen LogP contribution < -0.4 is 0 Å². The maximum absolute atomic E-state index is 13.0. The van der Waals surface area contributed by atoms with E-state index in [1.54, 1.807) is 11.0 Å². The Labute approximate surface area is 177 Å². The van der Waals surface area contributed by atoms with Gasteiger partial charge < -0.3 is 9.64 Å². The number of carbonyl (C=O) groups is 2. The van der Waals surface area contributed by atoms with Gasteiger partial charge in [0.1, 0.15) is 0 Å². The number of esters is 1. The zero-order valence-electron chi connectivity index (χ0n) is 16.3. The number of nitrogens with zero attached hydrogens (tertiary/aromatic N) is 5. The Kier molecular flexibility index (Phi) is 6.29. The van der Waals surface area contributed by atoms with Crippen LogP contribution in [0.3, 0.4) is 0 Å². The van der Waals surface area contributed by atoms with Crippen LogP contribution in [0.5, 0.6) is 0 Å². The molecule has 0 spiro atoms. The van der Waals surface area contributed by atoms with Crippen LogP contribution in [0.4, 0.5) is 0 Å². The standard InChI is InChI=1S/C21H21N5O3S/c27-19(25-11-5-2-6-12-25)15-29-21(28)18(14-17-10-7-13-30-17)26-20(22-23-24-26)16-8-3-1-4-9-16/h1,3-4,7-10,13-14H,2,5-6,11-12,15H2/b18-14-. The van der Waals surface area contributed by atoms with Gasteiger partial charge in [-0.3, -0.25) is 4.79 Å². The molecule has 0 atom stereocenters. The van der Waals surface area contributed by atoms with Gasteiger partial charge in [0.05, 0.1) is 0 Å². The summed E-state index contributed by atoms with van der Waals surface area (Å²) >= 11 is 1.47. The van der Waals surface area contributed by atoms with Gasteiger partial charge in [0.25, 0.3) is 5.91 Å². The van der Waals surface area contributed by atoms with Crippen LogP contribution in [0.15, 0.2) is 47.8 Å². The van der Waals surface area contributed by atoms with Crippen molar-refractivity contribution in [2.75, 3.05) is 19.7 Å². The lowest BCUT2D eigenvalue weighted by Gasteiger charge is -2.26. The number of piperidine rings is 1. The van der Waals surface area contributed by atoms with E-state index in [2.05, 4.69) is 15.5 Å². The molecule has 3 aromatic rings. The third-order valence-electron chi connectivity index (χ3n) is 4.80. The van der Waals surface area contributed by atoms with E-state index in [4.69, 9.17) is 4.74 Å². The number of amides is 1. The lowest BCUT2D eigenvalue weighted by molar-refractivity contribution is -0.148. The molecular weight excluding hydrogens is 402 g/mol. The van der Waals surface area contributed by atoms with Gasteiger partial charge >= 0.3 is 5.97 Å². The molecule has 0 aliphatic carbocycles. The van der Waals surface area contributed by atoms with Crippen LogP contribution >= 0.6 is 11.3 Å². The first kappa shape index (κ1) is 20.0. The summed E-state index contributed by atoms with van der Waals surface area (Å²) < 4.78 is 6.72. The minimum absolute atomic E-state index is 0.146. The summed E-state index contributed by atoms with van der Waals surface area (Å²) in [7, 11) is 0. The SMILES string of the molecule is O=C(OCC(=O)N1CCCCC1)/C(=C/c1cccs1)n1nnnc1-c1ccccc1. The number of likely N-dealkylation sites (tertiary alicyclic amines) is 1. The third-order valence-corrected chi connectivity index (χ3v) is 5.62. The van der Waals surface area contributed by atoms with E-state index < -0.39 is 5.97 Å². The molecule has 0 saturated carbocycles. The van der Waals surface area contributed by atoms with Crippen LogP contribution in [0, 0.1) is 0 Å². The molecule has 0 unspecified atom stereocenters. The van der Waals surface area contributed by atoms with Gasteiger partial charge in [-0.05, 0) is 47.2 Å². The summed E-state index contributed by atoms with van der Waals surface area (Å²) in [6, 6.07) is 13.1. The maximum Gasteiger partial charge on any atom is 0.357 e. The average Bonchev–Trinajstić information content (AvgIpc) is 3.49. The number of carbonyl (C=O) groups excluding carboxylic acids is 2. The number of benzene rings is 1. The molecule has 30 heavy (non-hydrogen) atoms. The molecule has 0 N–H and O–H groups in total. The molecule has 9 heteroatoms. The highest BCUT2D eigenvalue weighted by Gasteiger charge is 2.23. The van der Waals surface area contributed by atoms with Crippen molar-refractivity contribution in [2.24, 2.45) is 0 Å². The molecule has 1 fully saturated rings. The van der Waals surface area contributed by atoms with E-state index in [9.17, 15) is 9.59 Å². The van der Waals surface area contributed by atoms with Crippen molar-refractivity contribution in [3.63, 3.8) is 0 Å². The van der Waals surface area contributed by atoms with Crippen LogP contribution in [0.1, 0.15) is 24.1 Å². The van der Waals surface area contributed by atoms with Crippen molar-refractivity contribution in [3.8, 4) is 11.4 Å². The highest BCUT2D eigenvalue weighted by molar-refractivity contribution is 7.10. The monoisotopic (exact) mass is 423 g/mol. The Morgan fingerprint density at radius 2 is 1.87 bits per heavy atom. The Morgan fingerprint density at radius 1 is 1.07 bits per heavy atom. The number of thiophene rings is 1. The fourth-order valence-electron chi connectivity index (χ4n) is 3.27. The van der Waals surface area contributed by atoms with Gasteiger partial charge in [-0.2, -0.15) is 4.68 Å². The molecular formula is C21H21N5O3S. The van der Waals surface area contributed by atoms with E-state index in [1.807, 2.05) is 47.8 Å². The second-order valence-electron chi connectivity index (χ2n) is 6.84. The third kappa shape index (κ3) is 4.62. The van der Waals surface area contributed by atoms with Crippen molar-refractivity contribution in [1.82, 2.24) is 25.1 Å². The minimum Gasteiger partial charge on any atom is -0.451 e. The topological polar surface area (TPSA) is 90.2 Å². The van der Waals surface area contributed by atoms with Crippen molar-refractivity contribution in [3.05, 3.63) is 52.7 Å². The Hall–Kier alpha value is -3.33. The number of rotatable bonds is 6. The Bertz CT molecular complexity index is 1020. The van der Waals surface area contributed by atoms with Crippen LogP contribution in [0.25, 0.3) is 23.2 Å². The van der Waals surface area contributed by atoms with Gasteiger partial charge in [-0.25, -0.2) is 4.79 Å². The smallest absolute Gasteiger partial charge is 0.357 e. The lowest BCUT2D eigenvalue weighted by Crippen LogP contribution is -2.38. The molecule has 0 bridgehead atoms. The van der Waals surface area contributed by atoms with E-state index >= 15 is 0 Å². The molecule has 4 rings (SSSR count). The van der Waals surface area contributed by atoms with Crippen molar-refractivity contribution in [2.45, 2.75) is 19.3 Å². The number of hydrogen-bond acceptors (Lipinski definition) is 7. The van der Waals surface area contributed by atoms with Gasteiger partial charge in [-0.15, -0.1) is 16.4 Å². The first-order valence-electron chi connectivity index (χ1n) is 9.76. The number of aromatic nitrogens is 4. The fraction of sp³-hybridized carbons (Fsp3) is 0.286. The Morgan fingerprint density at radius 3 is 2.60 bits per heavy atom. The summed E-state index contributed by atoms with van der Waals surface area (Å²) in [5.41, 5.74) is 0.907. The van der Waals surface area contributed by atoms with Crippen LogP contribution in [0.2, 0.25) is 0 Å². The van der Waals surface area contributed by atoms with Crippen molar-refractivity contribution in [1.29, 1.82) is 0 Å². The molecule has 154 valence electrons. The molecule has 1 aliphatic rings. The quantitative estimate of drug-likeness (QED) is 0.447. The highest BCUT2D eigenvalue weighted by atomic mass is 32.1. The van der Waals surface area contributed by atoms with E-state index in [1.165, 1.54) is 16.0 Å². The summed E-state index contributed by atoms with van der Waals surface area (Å²) in [6.07, 6.45) is 4.75. The summed E-state index contributed by atoms with van der Waals surface area (Å²) in [6.45, 7) is 1.11. The predicted molar refractivity (Wildman–Crippen MR) is 113 cm³/mol. The van der Waals surface area contributed by atoms with Crippen LogP contribution in [-0.4, -0.2) is 56.7 Å². The number of ether oxygens (including phenoxy) is 1. The molecule has 1 saturated heterocycles. The molecule has 0 radical (unpaired) electrons. The lowest BCUT2D eigenvalue weighted by atomic mass is 10.1. The molecule has 3 heterocycles. The normalized spacial score (nSPS) is 14.5. The molecule has 2 aromatic heterocycles. The molecule has 8 nitrogen and oxygen atoms in total. The van der Waals surface area contributed by atoms with Gasteiger partial charge in [0, 0.05) is 23.5 Å². The van der Waals surface area contributed by atoms with Crippen molar-refractivity contribution < 1.29 is 14.3 Å². The second kappa shape index (κ2) is 9.45. The Balaban J connectivity index is 1.58. The molecule has 1 amide bonds. The largest absolute Gasteiger partial charge is 0.451 e. The van der Waals surface area contributed by atoms with Crippen LogP contribution in [-0.2, 0) is 14.3 Å². The second-order valence-corrected chi connectivity index (χ2v) is 7.82. The van der Waals surface area contributed by atoms with E-state index in [0.29, 0.717) is 18.9 Å². The first-order valence-corrected chi connectivity index (χ1v) is 10.6. The minimum atomic E-state index is -0.654.